The number of anilines is 1. The Morgan fingerprint density at radius 2 is 2.17 bits per heavy atom. The molecule has 0 radical (unpaired) electrons. The van der Waals surface area contributed by atoms with E-state index < -0.39 is 5.97 Å². The number of carbonyl (C=O) groups is 1. The molecule has 0 unspecified atom stereocenters. The third-order valence-corrected chi connectivity index (χ3v) is 2.56. The van der Waals surface area contributed by atoms with Crippen molar-refractivity contribution in [2.45, 2.75) is 13.5 Å². The average Bonchev–Trinajstić information content (AvgIpc) is 2.38. The van der Waals surface area contributed by atoms with Crippen LogP contribution in [0.1, 0.15) is 21.6 Å². The van der Waals surface area contributed by atoms with Gasteiger partial charge in [-0.2, -0.15) is 0 Å². The quantitative estimate of drug-likeness (QED) is 0.860. The molecule has 2 aromatic heterocycles. The Morgan fingerprint density at radius 3 is 2.89 bits per heavy atom. The van der Waals surface area contributed by atoms with Crippen LogP contribution in [0.2, 0.25) is 0 Å². The summed E-state index contributed by atoms with van der Waals surface area (Å²) in [7, 11) is 0. The Hall–Kier alpha value is -2.43. The van der Waals surface area contributed by atoms with Crippen LogP contribution in [0, 0.1) is 6.92 Å². The second-order valence-corrected chi connectivity index (χ2v) is 3.86. The van der Waals surface area contributed by atoms with Crippen LogP contribution in [0.4, 0.5) is 5.82 Å². The highest BCUT2D eigenvalue weighted by Gasteiger charge is 2.04. The number of carboxylic acids is 1. The van der Waals surface area contributed by atoms with E-state index in [4.69, 9.17) is 5.11 Å². The number of hydrogen-bond donors (Lipinski definition) is 2. The molecule has 0 saturated carbocycles. The highest BCUT2D eigenvalue weighted by molar-refractivity contribution is 5.88. The maximum Gasteiger partial charge on any atom is 0.335 e. The van der Waals surface area contributed by atoms with Gasteiger partial charge < -0.3 is 10.4 Å². The molecular formula is C13H13N3O2. The minimum absolute atomic E-state index is 0.213. The summed E-state index contributed by atoms with van der Waals surface area (Å²) in [6.07, 6.45) is 3.20. The van der Waals surface area contributed by atoms with Crippen molar-refractivity contribution in [3.63, 3.8) is 0 Å². The maximum absolute atomic E-state index is 10.8. The largest absolute Gasteiger partial charge is 0.478 e. The minimum Gasteiger partial charge on any atom is -0.478 e. The Balaban J connectivity index is 2.09. The molecular weight excluding hydrogens is 230 g/mol. The fourth-order valence-electron chi connectivity index (χ4n) is 1.54. The number of aromatic carboxylic acids is 1. The van der Waals surface area contributed by atoms with Crippen molar-refractivity contribution in [1.82, 2.24) is 9.97 Å². The average molecular weight is 243 g/mol. The molecule has 2 rings (SSSR count). The molecule has 0 atom stereocenters. The van der Waals surface area contributed by atoms with Crippen LogP contribution < -0.4 is 5.32 Å². The first kappa shape index (κ1) is 12.0. The molecule has 0 aliphatic heterocycles. The number of hydrogen-bond acceptors (Lipinski definition) is 4. The van der Waals surface area contributed by atoms with Gasteiger partial charge in [-0.25, -0.2) is 9.78 Å². The molecule has 5 heteroatoms. The zero-order chi connectivity index (χ0) is 13.0. The molecule has 0 spiro atoms. The van der Waals surface area contributed by atoms with E-state index in [1.54, 1.807) is 6.20 Å². The normalized spacial score (nSPS) is 10.1. The Labute approximate surface area is 105 Å². The van der Waals surface area contributed by atoms with Gasteiger partial charge in [0.2, 0.25) is 0 Å². The van der Waals surface area contributed by atoms with Crippen molar-refractivity contribution in [3.05, 3.63) is 53.5 Å². The number of nitrogens with zero attached hydrogens (tertiary/aromatic N) is 2. The van der Waals surface area contributed by atoms with E-state index >= 15 is 0 Å². The van der Waals surface area contributed by atoms with Crippen molar-refractivity contribution in [2.24, 2.45) is 0 Å². The summed E-state index contributed by atoms with van der Waals surface area (Å²) >= 11 is 0. The molecule has 0 aliphatic carbocycles. The first-order valence-corrected chi connectivity index (χ1v) is 5.50. The smallest absolute Gasteiger partial charge is 0.335 e. The predicted molar refractivity (Wildman–Crippen MR) is 67.5 cm³/mol. The lowest BCUT2D eigenvalue weighted by molar-refractivity contribution is 0.0697. The van der Waals surface area contributed by atoms with E-state index in [2.05, 4.69) is 15.3 Å². The Bertz CT molecular complexity index is 570. The highest BCUT2D eigenvalue weighted by atomic mass is 16.4. The number of aryl methyl sites for hydroxylation is 1. The summed E-state index contributed by atoms with van der Waals surface area (Å²) in [4.78, 5) is 19.1. The summed E-state index contributed by atoms with van der Waals surface area (Å²) in [6, 6.07) is 6.81. The molecule has 0 aliphatic rings. The summed E-state index contributed by atoms with van der Waals surface area (Å²) < 4.78 is 0. The van der Waals surface area contributed by atoms with Crippen LogP contribution in [-0.2, 0) is 6.54 Å². The van der Waals surface area contributed by atoms with E-state index in [0.717, 1.165) is 11.3 Å². The highest BCUT2D eigenvalue weighted by Crippen LogP contribution is 2.09. The van der Waals surface area contributed by atoms with Crippen molar-refractivity contribution in [1.29, 1.82) is 0 Å². The standard InChI is InChI=1S/C13H13N3O2/c1-9-3-2-5-14-11(9)8-16-12-7-10(13(17)18)4-6-15-12/h2-7H,8H2,1H3,(H,15,16)(H,17,18). The third-order valence-electron chi connectivity index (χ3n) is 2.56. The van der Waals surface area contributed by atoms with E-state index in [9.17, 15) is 4.79 Å². The van der Waals surface area contributed by atoms with Crippen LogP contribution in [-0.4, -0.2) is 21.0 Å². The third kappa shape index (κ3) is 2.82. The summed E-state index contributed by atoms with van der Waals surface area (Å²) in [5, 5.41) is 11.9. The molecule has 2 N–H and O–H groups in total. The first-order valence-electron chi connectivity index (χ1n) is 5.50. The summed E-state index contributed by atoms with van der Waals surface area (Å²) in [5.74, 6) is -0.436. The number of carboxylic acid groups (broad SMARTS) is 1. The molecule has 0 saturated heterocycles. The molecule has 18 heavy (non-hydrogen) atoms. The van der Waals surface area contributed by atoms with Gasteiger partial charge in [0.05, 0.1) is 17.8 Å². The SMILES string of the molecule is Cc1cccnc1CNc1cc(C(=O)O)ccn1. The van der Waals surface area contributed by atoms with Gasteiger partial charge in [-0.3, -0.25) is 4.98 Å². The molecule has 0 amide bonds. The number of pyridine rings is 2. The number of nitrogens with one attached hydrogen (secondary N) is 1. The number of rotatable bonds is 4. The van der Waals surface area contributed by atoms with Gasteiger partial charge in [-0.05, 0) is 30.7 Å². The molecule has 92 valence electrons. The lowest BCUT2D eigenvalue weighted by Crippen LogP contribution is -2.06. The second-order valence-electron chi connectivity index (χ2n) is 3.86. The van der Waals surface area contributed by atoms with E-state index in [1.165, 1.54) is 18.3 Å². The van der Waals surface area contributed by atoms with Crippen molar-refractivity contribution in [2.75, 3.05) is 5.32 Å². The van der Waals surface area contributed by atoms with Crippen LogP contribution in [0.5, 0.6) is 0 Å². The zero-order valence-electron chi connectivity index (χ0n) is 9.92. The van der Waals surface area contributed by atoms with Gasteiger partial charge in [-0.15, -0.1) is 0 Å². The molecule has 5 nitrogen and oxygen atoms in total. The summed E-state index contributed by atoms with van der Waals surface area (Å²) in [6.45, 7) is 2.49. The predicted octanol–water partition coefficient (Wildman–Crippen LogP) is 2.10. The van der Waals surface area contributed by atoms with Gasteiger partial charge >= 0.3 is 5.97 Å². The van der Waals surface area contributed by atoms with Gasteiger partial charge in [0.15, 0.2) is 0 Å². The monoisotopic (exact) mass is 243 g/mol. The van der Waals surface area contributed by atoms with E-state index in [1.807, 2.05) is 19.1 Å². The molecule has 2 aromatic rings. The Morgan fingerprint density at radius 1 is 1.33 bits per heavy atom. The number of aromatic nitrogens is 2. The second kappa shape index (κ2) is 5.27. The zero-order valence-corrected chi connectivity index (χ0v) is 9.92. The molecule has 0 aromatic carbocycles. The molecule has 0 bridgehead atoms. The maximum atomic E-state index is 10.8. The first-order chi connectivity index (χ1) is 8.66. The Kier molecular flexibility index (Phi) is 3.52. The van der Waals surface area contributed by atoms with Crippen molar-refractivity contribution < 1.29 is 9.90 Å². The van der Waals surface area contributed by atoms with E-state index in [0.29, 0.717) is 12.4 Å². The van der Waals surface area contributed by atoms with Crippen LogP contribution in [0.15, 0.2) is 36.7 Å². The molecule has 2 heterocycles. The lowest BCUT2D eigenvalue weighted by Gasteiger charge is -2.07. The van der Waals surface area contributed by atoms with Gasteiger partial charge in [0.1, 0.15) is 5.82 Å². The minimum atomic E-state index is -0.963. The van der Waals surface area contributed by atoms with Crippen molar-refractivity contribution >= 4 is 11.8 Å². The van der Waals surface area contributed by atoms with Crippen molar-refractivity contribution in [3.8, 4) is 0 Å². The fraction of sp³-hybridized carbons (Fsp3) is 0.154. The van der Waals surface area contributed by atoms with Crippen LogP contribution in [0.25, 0.3) is 0 Å². The van der Waals surface area contributed by atoms with E-state index in [-0.39, 0.29) is 5.56 Å². The van der Waals surface area contributed by atoms with Crippen LogP contribution >= 0.6 is 0 Å². The fourth-order valence-corrected chi connectivity index (χ4v) is 1.54. The lowest BCUT2D eigenvalue weighted by atomic mass is 10.2. The van der Waals surface area contributed by atoms with Gasteiger partial charge in [-0.1, -0.05) is 6.07 Å². The van der Waals surface area contributed by atoms with Gasteiger partial charge in [0, 0.05) is 12.4 Å². The van der Waals surface area contributed by atoms with Crippen LogP contribution in [0.3, 0.4) is 0 Å². The topological polar surface area (TPSA) is 75.1 Å². The molecule has 0 fully saturated rings. The van der Waals surface area contributed by atoms with Gasteiger partial charge in [0.25, 0.3) is 0 Å². The summed E-state index contributed by atoms with van der Waals surface area (Å²) in [5.41, 5.74) is 2.21.